The SMILES string of the molecule is CC(C(=O)OC1O[C@H](C(=O)O)[C@@H](O)[C@H](O)[C@H]1O)c1ccc2cc(O)ccc2c1. The van der Waals surface area contributed by atoms with Gasteiger partial charge in [0.25, 0.3) is 0 Å². The Morgan fingerprint density at radius 3 is 2.32 bits per heavy atom. The second kappa shape index (κ2) is 7.72. The number of carboxylic acids is 1. The van der Waals surface area contributed by atoms with E-state index in [1.165, 1.54) is 6.07 Å². The highest BCUT2D eigenvalue weighted by Crippen LogP contribution is 2.28. The molecule has 2 aromatic carbocycles. The summed E-state index contributed by atoms with van der Waals surface area (Å²) >= 11 is 0. The van der Waals surface area contributed by atoms with Crippen molar-refractivity contribution in [3.8, 4) is 5.75 Å². The molecule has 0 saturated carbocycles. The van der Waals surface area contributed by atoms with Crippen LogP contribution in [0.5, 0.6) is 5.75 Å². The average Bonchev–Trinajstić information content (AvgIpc) is 2.66. The summed E-state index contributed by atoms with van der Waals surface area (Å²) in [6.45, 7) is 1.55. The molecule has 28 heavy (non-hydrogen) atoms. The Labute approximate surface area is 159 Å². The number of rotatable bonds is 4. The van der Waals surface area contributed by atoms with Crippen LogP contribution in [0.25, 0.3) is 10.8 Å². The molecular formula is C19H20O9. The van der Waals surface area contributed by atoms with Gasteiger partial charge in [-0.3, -0.25) is 4.79 Å². The molecule has 0 spiro atoms. The van der Waals surface area contributed by atoms with E-state index in [2.05, 4.69) is 0 Å². The number of aliphatic hydroxyl groups is 3. The highest BCUT2D eigenvalue weighted by atomic mass is 16.7. The van der Waals surface area contributed by atoms with Crippen molar-refractivity contribution in [1.29, 1.82) is 0 Å². The van der Waals surface area contributed by atoms with E-state index in [9.17, 15) is 30.0 Å². The van der Waals surface area contributed by atoms with Crippen molar-refractivity contribution >= 4 is 22.7 Å². The Balaban J connectivity index is 1.76. The molecule has 1 saturated heterocycles. The molecule has 1 aliphatic rings. The van der Waals surface area contributed by atoms with Crippen LogP contribution in [0.3, 0.4) is 0 Å². The first-order chi connectivity index (χ1) is 13.2. The number of aromatic hydroxyl groups is 1. The molecule has 1 aliphatic heterocycles. The molecule has 9 heteroatoms. The maximum Gasteiger partial charge on any atom is 0.335 e. The number of ether oxygens (including phenoxy) is 2. The van der Waals surface area contributed by atoms with Gasteiger partial charge in [0.1, 0.15) is 24.1 Å². The van der Waals surface area contributed by atoms with Gasteiger partial charge < -0.3 is 35.0 Å². The van der Waals surface area contributed by atoms with Gasteiger partial charge in [-0.2, -0.15) is 0 Å². The molecule has 1 fully saturated rings. The van der Waals surface area contributed by atoms with Crippen molar-refractivity contribution in [3.63, 3.8) is 0 Å². The van der Waals surface area contributed by atoms with Crippen molar-refractivity contribution in [2.24, 2.45) is 0 Å². The van der Waals surface area contributed by atoms with Gasteiger partial charge in [-0.05, 0) is 35.4 Å². The average molecular weight is 392 g/mol. The Bertz CT molecular complexity index is 896. The summed E-state index contributed by atoms with van der Waals surface area (Å²) in [5.74, 6) is -3.05. The number of carboxylic acid groups (broad SMARTS) is 1. The van der Waals surface area contributed by atoms with Crippen LogP contribution in [0.4, 0.5) is 0 Å². The normalized spacial score (nSPS) is 28.6. The van der Waals surface area contributed by atoms with Gasteiger partial charge in [-0.15, -0.1) is 0 Å². The lowest BCUT2D eigenvalue weighted by Gasteiger charge is -2.38. The first kappa shape index (κ1) is 20.0. The molecule has 6 atom stereocenters. The van der Waals surface area contributed by atoms with Crippen LogP contribution >= 0.6 is 0 Å². The number of fused-ring (bicyclic) bond motifs is 1. The zero-order chi connectivity index (χ0) is 20.6. The molecule has 9 nitrogen and oxygen atoms in total. The third-order valence-corrected chi connectivity index (χ3v) is 4.75. The summed E-state index contributed by atoms with van der Waals surface area (Å²) in [5, 5.41) is 49.5. The molecule has 0 amide bonds. The predicted octanol–water partition coefficient (Wildman–Crippen LogP) is 0.0843. The van der Waals surface area contributed by atoms with E-state index in [4.69, 9.17) is 14.6 Å². The second-order valence-electron chi connectivity index (χ2n) is 6.68. The Morgan fingerprint density at radius 2 is 1.64 bits per heavy atom. The molecule has 1 heterocycles. The second-order valence-corrected chi connectivity index (χ2v) is 6.68. The van der Waals surface area contributed by atoms with E-state index in [1.807, 2.05) is 0 Å². The molecule has 3 rings (SSSR count). The van der Waals surface area contributed by atoms with E-state index in [-0.39, 0.29) is 5.75 Å². The third-order valence-electron chi connectivity index (χ3n) is 4.75. The maximum absolute atomic E-state index is 12.5. The fraction of sp³-hybridized carbons (Fsp3) is 0.368. The van der Waals surface area contributed by atoms with Crippen LogP contribution in [-0.4, -0.2) is 68.2 Å². The van der Waals surface area contributed by atoms with Crippen molar-refractivity contribution in [2.45, 2.75) is 43.5 Å². The minimum atomic E-state index is -1.86. The summed E-state index contributed by atoms with van der Waals surface area (Å²) in [6.07, 6.45) is -9.11. The quantitative estimate of drug-likeness (QED) is 0.455. The summed E-state index contributed by atoms with van der Waals surface area (Å²) in [5.41, 5.74) is 0.587. The van der Waals surface area contributed by atoms with Gasteiger partial charge in [-0.1, -0.05) is 24.3 Å². The minimum Gasteiger partial charge on any atom is -0.508 e. The summed E-state index contributed by atoms with van der Waals surface area (Å²) in [4.78, 5) is 23.6. The lowest BCUT2D eigenvalue weighted by molar-refractivity contribution is -0.286. The van der Waals surface area contributed by atoms with Gasteiger partial charge in [0, 0.05) is 0 Å². The number of carbonyl (C=O) groups excluding carboxylic acids is 1. The highest BCUT2D eigenvalue weighted by Gasteiger charge is 2.48. The zero-order valence-corrected chi connectivity index (χ0v) is 14.8. The molecular weight excluding hydrogens is 372 g/mol. The number of esters is 1. The third kappa shape index (κ3) is 3.78. The number of hydrogen-bond acceptors (Lipinski definition) is 8. The molecule has 0 radical (unpaired) electrons. The zero-order valence-electron chi connectivity index (χ0n) is 14.8. The minimum absolute atomic E-state index is 0.116. The number of carbonyl (C=O) groups is 2. The molecule has 2 unspecified atom stereocenters. The van der Waals surface area contributed by atoms with Gasteiger partial charge in [-0.25, -0.2) is 4.79 Å². The standard InChI is InChI=1S/C19H20O9/c1-8(9-2-3-11-7-12(20)5-4-10(11)6-9)18(26)28-19-15(23)13(21)14(22)16(27-19)17(24)25/h2-8,13-16,19-23H,1H3,(H,24,25)/t8?,13-,14-,15+,16-,19?/m0/s1. The van der Waals surface area contributed by atoms with Crippen LogP contribution in [-0.2, 0) is 19.1 Å². The van der Waals surface area contributed by atoms with E-state index >= 15 is 0 Å². The summed E-state index contributed by atoms with van der Waals surface area (Å²) in [6, 6.07) is 9.91. The lowest BCUT2D eigenvalue weighted by atomic mass is 9.97. The molecule has 2 aromatic rings. The summed E-state index contributed by atoms with van der Waals surface area (Å²) in [7, 11) is 0. The van der Waals surface area contributed by atoms with Crippen LogP contribution in [0.1, 0.15) is 18.4 Å². The van der Waals surface area contributed by atoms with Gasteiger partial charge in [0.2, 0.25) is 6.29 Å². The van der Waals surface area contributed by atoms with Crippen LogP contribution in [0.15, 0.2) is 36.4 Å². The van der Waals surface area contributed by atoms with Crippen molar-refractivity contribution in [1.82, 2.24) is 0 Å². The van der Waals surface area contributed by atoms with E-state index in [0.717, 1.165) is 10.8 Å². The fourth-order valence-electron chi connectivity index (χ4n) is 3.02. The first-order valence-electron chi connectivity index (χ1n) is 8.54. The van der Waals surface area contributed by atoms with Gasteiger partial charge in [0.05, 0.1) is 5.92 Å². The predicted molar refractivity (Wildman–Crippen MR) is 94.4 cm³/mol. The van der Waals surface area contributed by atoms with Crippen molar-refractivity contribution in [3.05, 3.63) is 42.0 Å². The maximum atomic E-state index is 12.5. The number of hydrogen-bond donors (Lipinski definition) is 5. The highest BCUT2D eigenvalue weighted by molar-refractivity contribution is 5.86. The van der Waals surface area contributed by atoms with Crippen molar-refractivity contribution in [2.75, 3.05) is 0 Å². The molecule has 0 aliphatic carbocycles. The summed E-state index contributed by atoms with van der Waals surface area (Å²) < 4.78 is 10.0. The smallest absolute Gasteiger partial charge is 0.335 e. The number of benzene rings is 2. The Kier molecular flexibility index (Phi) is 5.52. The number of aliphatic carboxylic acids is 1. The molecule has 5 N–H and O–H groups in total. The Hall–Kier alpha value is -2.72. The number of phenolic OH excluding ortho intramolecular Hbond substituents is 1. The van der Waals surface area contributed by atoms with E-state index in [0.29, 0.717) is 5.56 Å². The number of aliphatic hydroxyl groups excluding tert-OH is 3. The van der Waals surface area contributed by atoms with Gasteiger partial charge in [0.15, 0.2) is 6.10 Å². The molecule has 0 aromatic heterocycles. The van der Waals surface area contributed by atoms with Crippen LogP contribution in [0, 0.1) is 0 Å². The monoisotopic (exact) mass is 392 g/mol. The number of phenols is 1. The van der Waals surface area contributed by atoms with Crippen LogP contribution < -0.4 is 0 Å². The van der Waals surface area contributed by atoms with E-state index in [1.54, 1.807) is 37.3 Å². The topological polar surface area (TPSA) is 154 Å². The van der Waals surface area contributed by atoms with Crippen molar-refractivity contribution < 1.29 is 44.6 Å². The largest absolute Gasteiger partial charge is 0.508 e. The Morgan fingerprint density at radius 1 is 1.00 bits per heavy atom. The molecule has 0 bridgehead atoms. The lowest BCUT2D eigenvalue weighted by Crippen LogP contribution is -2.60. The van der Waals surface area contributed by atoms with E-state index < -0.39 is 48.6 Å². The first-order valence-corrected chi connectivity index (χ1v) is 8.54. The van der Waals surface area contributed by atoms with Gasteiger partial charge >= 0.3 is 11.9 Å². The van der Waals surface area contributed by atoms with Crippen LogP contribution in [0.2, 0.25) is 0 Å². The fourth-order valence-corrected chi connectivity index (χ4v) is 3.02. The molecule has 150 valence electrons.